The number of nitrogens with zero attached hydrogens (tertiary/aromatic N) is 1. The number of carbonyl (C=O) groups excluding carboxylic acids is 4. The molecule has 1 heterocycles. The molecule has 2 aromatic rings. The first-order valence-electron chi connectivity index (χ1n) is 9.75. The minimum absolute atomic E-state index is 0.0421. The van der Waals surface area contributed by atoms with Crippen molar-refractivity contribution in [2.45, 2.75) is 38.4 Å². The van der Waals surface area contributed by atoms with Gasteiger partial charge in [-0.25, -0.2) is 13.8 Å². The topological polar surface area (TPSA) is 137 Å². The van der Waals surface area contributed by atoms with Crippen LogP contribution in [0.5, 0.6) is 0 Å². The Kier molecular flexibility index (Phi) is 8.53. The number of hydrogen-bond acceptors (Lipinski definition) is 4. The van der Waals surface area contributed by atoms with Crippen LogP contribution in [0.1, 0.15) is 37.2 Å². The second-order valence-corrected chi connectivity index (χ2v) is 7.94. The van der Waals surface area contributed by atoms with Crippen molar-refractivity contribution in [1.29, 1.82) is 0 Å². The molecule has 0 fully saturated rings. The summed E-state index contributed by atoms with van der Waals surface area (Å²) < 4.78 is 26.7. The first kappa shape index (κ1) is 25.1. The third kappa shape index (κ3) is 6.91. The van der Waals surface area contributed by atoms with Gasteiger partial charge in [0, 0.05) is 17.3 Å². The van der Waals surface area contributed by atoms with Crippen LogP contribution in [0.4, 0.5) is 8.78 Å². The Morgan fingerprint density at radius 2 is 1.91 bits per heavy atom. The van der Waals surface area contributed by atoms with Crippen LogP contribution in [0, 0.1) is 11.7 Å². The normalized spacial score (nSPS) is 12.9. The molecule has 0 aliphatic carbocycles. The van der Waals surface area contributed by atoms with E-state index in [1.165, 1.54) is 24.3 Å². The van der Waals surface area contributed by atoms with Gasteiger partial charge in [0.15, 0.2) is 0 Å². The van der Waals surface area contributed by atoms with E-state index in [0.29, 0.717) is 15.9 Å². The van der Waals surface area contributed by atoms with Gasteiger partial charge >= 0.3 is 0 Å². The fourth-order valence-electron chi connectivity index (χ4n) is 2.94. The van der Waals surface area contributed by atoms with Gasteiger partial charge in [-0.3, -0.25) is 24.6 Å². The molecule has 0 saturated carbocycles. The average Bonchev–Trinajstić information content (AvgIpc) is 3.12. The van der Waals surface area contributed by atoms with Gasteiger partial charge in [0.25, 0.3) is 23.4 Å². The molecular formula is C20H24ClF2N5O4. The lowest BCUT2D eigenvalue weighted by Crippen LogP contribution is -2.56. The van der Waals surface area contributed by atoms with E-state index in [0.717, 1.165) is 0 Å². The van der Waals surface area contributed by atoms with Crippen molar-refractivity contribution in [3.63, 3.8) is 0 Å². The van der Waals surface area contributed by atoms with Crippen molar-refractivity contribution in [3.05, 3.63) is 35.8 Å². The van der Waals surface area contributed by atoms with Gasteiger partial charge in [-0.1, -0.05) is 25.4 Å². The molecule has 9 nitrogen and oxygen atoms in total. The van der Waals surface area contributed by atoms with E-state index in [2.05, 4.69) is 15.7 Å². The Labute approximate surface area is 187 Å². The van der Waals surface area contributed by atoms with E-state index >= 15 is 0 Å². The van der Waals surface area contributed by atoms with Crippen LogP contribution in [-0.2, 0) is 14.4 Å². The fraction of sp³-hybridized carbons (Fsp3) is 0.400. The summed E-state index contributed by atoms with van der Waals surface area (Å²) in [6, 6.07) is 4.29. The third-order valence-electron chi connectivity index (χ3n) is 4.44. The number of benzene rings is 1. The van der Waals surface area contributed by atoms with Crippen molar-refractivity contribution < 1.29 is 28.0 Å². The summed E-state index contributed by atoms with van der Waals surface area (Å²) in [5.41, 5.74) is 5.41. The molecule has 0 spiro atoms. The first-order chi connectivity index (χ1) is 15.0. The van der Waals surface area contributed by atoms with E-state index in [1.807, 2.05) is 13.8 Å². The number of amides is 4. The molecule has 0 radical (unpaired) electrons. The van der Waals surface area contributed by atoms with E-state index in [4.69, 9.17) is 17.3 Å². The maximum Gasteiger partial charge on any atom is 0.291 e. The number of nitrogens with two attached hydrogens (primary N) is 1. The molecule has 174 valence electrons. The van der Waals surface area contributed by atoms with Gasteiger partial charge in [-0.05, 0) is 36.6 Å². The van der Waals surface area contributed by atoms with Crippen molar-refractivity contribution >= 4 is 46.1 Å². The zero-order valence-corrected chi connectivity index (χ0v) is 18.2. The number of hydrazine groups is 1. The highest BCUT2D eigenvalue weighted by atomic mass is 35.5. The summed E-state index contributed by atoms with van der Waals surface area (Å²) in [6.45, 7) is 3.22. The van der Waals surface area contributed by atoms with Crippen LogP contribution >= 0.6 is 11.6 Å². The second kappa shape index (κ2) is 10.9. The van der Waals surface area contributed by atoms with Crippen LogP contribution in [0.3, 0.4) is 0 Å². The molecule has 1 unspecified atom stereocenters. The van der Waals surface area contributed by atoms with Crippen LogP contribution in [-0.4, -0.2) is 51.8 Å². The van der Waals surface area contributed by atoms with Gasteiger partial charge in [-0.15, -0.1) is 0 Å². The summed E-state index contributed by atoms with van der Waals surface area (Å²) in [5, 5.41) is 3.57. The number of aromatic amines is 1. The Hall–Kier alpha value is -3.21. The van der Waals surface area contributed by atoms with Gasteiger partial charge in [-0.2, -0.15) is 0 Å². The van der Waals surface area contributed by atoms with Crippen molar-refractivity contribution in [3.8, 4) is 0 Å². The lowest BCUT2D eigenvalue weighted by Gasteiger charge is -2.27. The molecule has 12 heteroatoms. The van der Waals surface area contributed by atoms with Gasteiger partial charge in [0.2, 0.25) is 5.91 Å². The minimum atomic E-state index is -2.45. The Balaban J connectivity index is 2.18. The van der Waals surface area contributed by atoms with E-state index in [-0.39, 0.29) is 24.5 Å². The zero-order valence-electron chi connectivity index (χ0n) is 17.5. The number of nitrogens with one attached hydrogen (secondary N) is 3. The standard InChI is InChI=1S/C20H24ClF2N5O4/c1-10(2)7-14(19(31)27-28(6-5-16(24)29)20(32)17(21)23)26-18(30)15-9-11-8-12(22)3-4-13(11)25-15/h3-4,8-10,14,17,25H,5-7H2,1-2H3,(H2,24,29)(H,26,30)(H,27,31)/t14-,17?/m0/s1. The predicted octanol–water partition coefficient (Wildman–Crippen LogP) is 1.72. The van der Waals surface area contributed by atoms with Crippen molar-refractivity contribution in [2.75, 3.05) is 6.54 Å². The van der Waals surface area contributed by atoms with E-state index in [9.17, 15) is 28.0 Å². The molecular weight excluding hydrogens is 448 g/mol. The molecule has 1 aromatic carbocycles. The minimum Gasteiger partial charge on any atom is -0.370 e. The van der Waals surface area contributed by atoms with Crippen molar-refractivity contribution in [1.82, 2.24) is 20.7 Å². The Bertz CT molecular complexity index is 1010. The first-order valence-corrected chi connectivity index (χ1v) is 10.2. The highest BCUT2D eigenvalue weighted by Crippen LogP contribution is 2.17. The van der Waals surface area contributed by atoms with Crippen LogP contribution in [0.15, 0.2) is 24.3 Å². The number of alkyl halides is 2. The molecule has 0 aliphatic heterocycles. The quantitative estimate of drug-likeness (QED) is 0.327. The number of H-pyrrole nitrogens is 1. The molecule has 32 heavy (non-hydrogen) atoms. The highest BCUT2D eigenvalue weighted by molar-refractivity contribution is 6.29. The van der Waals surface area contributed by atoms with Crippen LogP contribution < -0.4 is 16.5 Å². The average molecular weight is 472 g/mol. The molecule has 5 N–H and O–H groups in total. The number of aromatic nitrogens is 1. The molecule has 0 aliphatic rings. The molecule has 1 aromatic heterocycles. The zero-order chi connectivity index (χ0) is 24.0. The molecule has 4 amide bonds. The van der Waals surface area contributed by atoms with Gasteiger partial charge in [0.05, 0.1) is 6.54 Å². The van der Waals surface area contributed by atoms with Crippen molar-refractivity contribution in [2.24, 2.45) is 11.7 Å². The monoisotopic (exact) mass is 471 g/mol. The van der Waals surface area contributed by atoms with Crippen LogP contribution in [0.25, 0.3) is 10.9 Å². The summed E-state index contributed by atoms with van der Waals surface area (Å²) >= 11 is 5.17. The number of fused-ring (bicyclic) bond motifs is 1. The number of carbonyl (C=O) groups is 4. The maximum absolute atomic E-state index is 13.4. The molecule has 2 rings (SSSR count). The highest BCUT2D eigenvalue weighted by Gasteiger charge is 2.29. The van der Waals surface area contributed by atoms with Gasteiger partial charge < -0.3 is 16.0 Å². The number of halogens is 3. The predicted molar refractivity (Wildman–Crippen MR) is 113 cm³/mol. The Morgan fingerprint density at radius 1 is 1.22 bits per heavy atom. The Morgan fingerprint density at radius 3 is 2.50 bits per heavy atom. The van der Waals surface area contributed by atoms with Crippen LogP contribution in [0.2, 0.25) is 0 Å². The number of hydrogen-bond donors (Lipinski definition) is 4. The summed E-state index contributed by atoms with van der Waals surface area (Å²) in [6.07, 6.45) is -0.160. The lowest BCUT2D eigenvalue weighted by atomic mass is 10.0. The van der Waals surface area contributed by atoms with E-state index < -0.39 is 47.7 Å². The third-order valence-corrected chi connectivity index (χ3v) is 4.62. The number of rotatable bonds is 9. The fourth-order valence-corrected chi connectivity index (χ4v) is 3.05. The maximum atomic E-state index is 13.4. The summed E-state index contributed by atoms with van der Waals surface area (Å²) in [5.74, 6) is -4.02. The number of primary amides is 1. The lowest BCUT2D eigenvalue weighted by molar-refractivity contribution is -0.144. The largest absolute Gasteiger partial charge is 0.370 e. The molecule has 0 saturated heterocycles. The van der Waals surface area contributed by atoms with Gasteiger partial charge in [0.1, 0.15) is 17.6 Å². The second-order valence-electron chi connectivity index (χ2n) is 7.55. The summed E-state index contributed by atoms with van der Waals surface area (Å²) in [4.78, 5) is 51.3. The smallest absolute Gasteiger partial charge is 0.291 e. The summed E-state index contributed by atoms with van der Waals surface area (Å²) in [7, 11) is 0. The SMILES string of the molecule is CC(C)C[C@H](NC(=O)c1cc2cc(F)ccc2[nH]1)C(=O)NN(CCC(N)=O)C(=O)C(F)Cl. The molecule has 0 bridgehead atoms. The molecule has 2 atom stereocenters. The van der Waals surface area contributed by atoms with E-state index in [1.54, 1.807) is 0 Å².